The van der Waals surface area contributed by atoms with Crippen LogP contribution in [0, 0.1) is 0 Å². The number of amides is 3. The van der Waals surface area contributed by atoms with Crippen LogP contribution in [0.5, 0.6) is 0 Å². The number of carbonyl (C=O) groups is 3. The van der Waals surface area contributed by atoms with Gasteiger partial charge in [-0.1, -0.05) is 0 Å². The second-order valence-electron chi connectivity index (χ2n) is 4.49. The molecule has 1 unspecified atom stereocenters. The summed E-state index contributed by atoms with van der Waals surface area (Å²) in [7, 11) is 0. The molecule has 108 valence electrons. The predicted molar refractivity (Wildman–Crippen MR) is 73.5 cm³/mol. The molecule has 0 saturated carbocycles. The highest BCUT2D eigenvalue weighted by atomic mass is 32.1. The molecule has 3 amide bonds. The van der Waals surface area contributed by atoms with Gasteiger partial charge in [-0.05, 0) is 18.6 Å². The van der Waals surface area contributed by atoms with Gasteiger partial charge in [-0.2, -0.15) is 0 Å². The van der Waals surface area contributed by atoms with E-state index in [2.05, 4.69) is 15.6 Å². The maximum absolute atomic E-state index is 12.1. The van der Waals surface area contributed by atoms with Crippen LogP contribution in [0.1, 0.15) is 23.3 Å². The minimum absolute atomic E-state index is 0.214. The van der Waals surface area contributed by atoms with Crippen molar-refractivity contribution in [3.05, 3.63) is 29.5 Å². The molecule has 1 aliphatic heterocycles. The van der Waals surface area contributed by atoms with Crippen molar-refractivity contribution in [3.63, 3.8) is 0 Å². The van der Waals surface area contributed by atoms with E-state index in [1.165, 1.54) is 17.6 Å². The van der Waals surface area contributed by atoms with E-state index in [1.54, 1.807) is 17.5 Å². The fourth-order valence-corrected chi connectivity index (χ4v) is 2.72. The van der Waals surface area contributed by atoms with Gasteiger partial charge in [-0.25, -0.2) is 4.98 Å². The molecular formula is C13H11N3O4S. The molecule has 1 fully saturated rings. The molecule has 2 aromatic heterocycles. The molecule has 0 spiro atoms. The first-order valence-corrected chi connectivity index (χ1v) is 7.15. The predicted octanol–water partition coefficient (Wildman–Crippen LogP) is 0.938. The van der Waals surface area contributed by atoms with E-state index in [-0.39, 0.29) is 18.0 Å². The lowest BCUT2D eigenvalue weighted by atomic mass is 10.1. The Hall–Kier alpha value is -2.48. The summed E-state index contributed by atoms with van der Waals surface area (Å²) >= 11 is 1.28. The van der Waals surface area contributed by atoms with E-state index in [1.807, 2.05) is 0 Å². The van der Waals surface area contributed by atoms with Gasteiger partial charge in [0.15, 0.2) is 10.8 Å². The third-order valence-electron chi connectivity index (χ3n) is 3.01. The molecule has 1 atom stereocenters. The van der Waals surface area contributed by atoms with Crippen LogP contribution in [0.3, 0.4) is 0 Å². The first-order chi connectivity index (χ1) is 10.1. The van der Waals surface area contributed by atoms with E-state index >= 15 is 0 Å². The Labute approximate surface area is 123 Å². The smallest absolute Gasteiger partial charge is 0.271 e. The van der Waals surface area contributed by atoms with Gasteiger partial charge in [0.05, 0.1) is 6.26 Å². The number of rotatable bonds is 3. The Morgan fingerprint density at radius 3 is 3.05 bits per heavy atom. The van der Waals surface area contributed by atoms with Gasteiger partial charge in [0.1, 0.15) is 11.7 Å². The van der Waals surface area contributed by atoms with Crippen LogP contribution in [-0.4, -0.2) is 28.7 Å². The van der Waals surface area contributed by atoms with Crippen LogP contribution in [0.4, 0.5) is 0 Å². The minimum Gasteiger partial charge on any atom is -0.462 e. The van der Waals surface area contributed by atoms with Crippen LogP contribution < -0.4 is 10.6 Å². The number of thiazole rings is 1. The lowest BCUT2D eigenvalue weighted by molar-refractivity contribution is -0.134. The van der Waals surface area contributed by atoms with Gasteiger partial charge in [-0.15, -0.1) is 11.3 Å². The van der Waals surface area contributed by atoms with Crippen molar-refractivity contribution in [3.8, 4) is 10.8 Å². The average Bonchev–Trinajstić information content (AvgIpc) is 3.10. The van der Waals surface area contributed by atoms with E-state index in [0.717, 1.165) is 0 Å². The number of nitrogens with one attached hydrogen (secondary N) is 2. The molecule has 8 heteroatoms. The summed E-state index contributed by atoms with van der Waals surface area (Å²) in [6.07, 6.45) is 2.04. The number of hydrogen-bond acceptors (Lipinski definition) is 6. The molecule has 3 rings (SSSR count). The van der Waals surface area contributed by atoms with E-state index in [0.29, 0.717) is 17.2 Å². The van der Waals surface area contributed by atoms with Crippen molar-refractivity contribution in [1.29, 1.82) is 0 Å². The standard InChI is InChI=1S/C13H11N3O4S/c17-10-4-3-7(11(18)16-10)14-12(19)8-6-21-13(15-8)9-2-1-5-20-9/h1-2,5-7H,3-4H2,(H,14,19)(H,16,17,18). The zero-order valence-electron chi connectivity index (χ0n) is 10.8. The number of imide groups is 1. The Morgan fingerprint density at radius 2 is 2.33 bits per heavy atom. The van der Waals surface area contributed by atoms with Crippen LogP contribution >= 0.6 is 11.3 Å². The molecule has 1 aliphatic rings. The molecule has 0 bridgehead atoms. The number of aromatic nitrogens is 1. The summed E-state index contributed by atoms with van der Waals surface area (Å²) in [5.41, 5.74) is 0.219. The summed E-state index contributed by atoms with van der Waals surface area (Å²) in [6, 6.07) is 2.78. The summed E-state index contributed by atoms with van der Waals surface area (Å²) in [5.74, 6) is -0.668. The maximum atomic E-state index is 12.1. The number of hydrogen-bond donors (Lipinski definition) is 2. The van der Waals surface area contributed by atoms with Crippen LogP contribution in [0.25, 0.3) is 10.8 Å². The highest BCUT2D eigenvalue weighted by molar-refractivity contribution is 7.13. The fraction of sp³-hybridized carbons (Fsp3) is 0.231. The zero-order valence-corrected chi connectivity index (χ0v) is 11.6. The normalized spacial score (nSPS) is 18.4. The SMILES string of the molecule is O=C1CCC(NC(=O)c2csc(-c3ccco3)n2)C(=O)N1. The van der Waals surface area contributed by atoms with Crippen LogP contribution in [0.2, 0.25) is 0 Å². The number of furan rings is 1. The second kappa shape index (κ2) is 5.49. The lowest BCUT2D eigenvalue weighted by Crippen LogP contribution is -2.52. The lowest BCUT2D eigenvalue weighted by Gasteiger charge is -2.21. The van der Waals surface area contributed by atoms with Gasteiger partial charge in [0.2, 0.25) is 11.8 Å². The van der Waals surface area contributed by atoms with Gasteiger partial charge >= 0.3 is 0 Å². The molecule has 21 heavy (non-hydrogen) atoms. The van der Waals surface area contributed by atoms with Gasteiger partial charge in [-0.3, -0.25) is 19.7 Å². The first-order valence-electron chi connectivity index (χ1n) is 6.27. The van der Waals surface area contributed by atoms with E-state index in [9.17, 15) is 14.4 Å². The van der Waals surface area contributed by atoms with Gasteiger partial charge in [0, 0.05) is 11.8 Å². The topological polar surface area (TPSA) is 101 Å². The molecule has 0 aliphatic carbocycles. The maximum Gasteiger partial charge on any atom is 0.271 e. The summed E-state index contributed by atoms with van der Waals surface area (Å²) in [6.45, 7) is 0. The molecule has 2 N–H and O–H groups in total. The van der Waals surface area contributed by atoms with Crippen LogP contribution in [-0.2, 0) is 9.59 Å². The Morgan fingerprint density at radius 1 is 1.48 bits per heavy atom. The van der Waals surface area contributed by atoms with E-state index in [4.69, 9.17) is 4.42 Å². The summed E-state index contributed by atoms with van der Waals surface area (Å²) < 4.78 is 5.21. The monoisotopic (exact) mass is 305 g/mol. The average molecular weight is 305 g/mol. The van der Waals surface area contributed by atoms with Crippen molar-refractivity contribution < 1.29 is 18.8 Å². The molecule has 7 nitrogen and oxygen atoms in total. The molecule has 3 heterocycles. The quantitative estimate of drug-likeness (QED) is 0.822. The molecule has 0 aromatic carbocycles. The third kappa shape index (κ3) is 2.84. The van der Waals surface area contributed by atoms with Crippen molar-refractivity contribution in [2.24, 2.45) is 0 Å². The highest BCUT2D eigenvalue weighted by Gasteiger charge is 2.28. The largest absolute Gasteiger partial charge is 0.462 e. The summed E-state index contributed by atoms with van der Waals surface area (Å²) in [5, 5.41) is 6.95. The van der Waals surface area contributed by atoms with Crippen molar-refractivity contribution in [2.75, 3.05) is 0 Å². The van der Waals surface area contributed by atoms with Crippen molar-refractivity contribution >= 4 is 29.1 Å². The number of nitrogens with zero attached hydrogens (tertiary/aromatic N) is 1. The molecule has 0 radical (unpaired) electrons. The minimum atomic E-state index is -0.705. The Balaban J connectivity index is 1.68. The Kier molecular flexibility index (Phi) is 3.53. The second-order valence-corrected chi connectivity index (χ2v) is 5.35. The third-order valence-corrected chi connectivity index (χ3v) is 3.87. The highest BCUT2D eigenvalue weighted by Crippen LogP contribution is 2.23. The summed E-state index contributed by atoms with van der Waals surface area (Å²) in [4.78, 5) is 38.9. The Bertz CT molecular complexity index is 692. The number of piperidine rings is 1. The van der Waals surface area contributed by atoms with Crippen LogP contribution in [0.15, 0.2) is 28.2 Å². The fourth-order valence-electron chi connectivity index (χ4n) is 1.95. The van der Waals surface area contributed by atoms with Gasteiger partial charge < -0.3 is 9.73 Å². The zero-order chi connectivity index (χ0) is 14.8. The molecular weight excluding hydrogens is 294 g/mol. The van der Waals surface area contributed by atoms with E-state index < -0.39 is 17.9 Å². The van der Waals surface area contributed by atoms with Gasteiger partial charge in [0.25, 0.3) is 5.91 Å². The first kappa shape index (κ1) is 13.5. The number of carbonyl (C=O) groups excluding carboxylic acids is 3. The van der Waals surface area contributed by atoms with Crippen molar-refractivity contribution in [1.82, 2.24) is 15.6 Å². The molecule has 1 saturated heterocycles. The van der Waals surface area contributed by atoms with Crippen molar-refractivity contribution in [2.45, 2.75) is 18.9 Å². The molecule has 2 aromatic rings.